The average Bonchev–Trinajstić information content (AvgIpc) is 3.03. The summed E-state index contributed by atoms with van der Waals surface area (Å²) in [6.45, 7) is 4.54. The van der Waals surface area contributed by atoms with Gasteiger partial charge in [-0.2, -0.15) is 0 Å². The third kappa shape index (κ3) is 3.63. The number of nitrogens with zero attached hydrogens (tertiary/aromatic N) is 3. The highest BCUT2D eigenvalue weighted by molar-refractivity contribution is 7.22. The molecule has 0 radical (unpaired) electrons. The Morgan fingerprint density at radius 3 is 2.89 bits per heavy atom. The van der Waals surface area contributed by atoms with Crippen LogP contribution in [0.15, 0.2) is 18.2 Å². The summed E-state index contributed by atoms with van der Waals surface area (Å²) >= 11 is 1.44. The predicted octanol–water partition coefficient (Wildman–Crippen LogP) is 2.67. The van der Waals surface area contributed by atoms with Crippen molar-refractivity contribution < 1.29 is 18.7 Å². The number of anilines is 1. The van der Waals surface area contributed by atoms with Crippen molar-refractivity contribution in [2.75, 3.05) is 37.7 Å². The maximum Gasteiger partial charge on any atom is 0.310 e. The van der Waals surface area contributed by atoms with Crippen LogP contribution < -0.4 is 4.90 Å². The minimum absolute atomic E-state index is 0.0744. The fraction of sp³-hybridized carbons (Fsp3) is 0.526. The highest BCUT2D eigenvalue weighted by Gasteiger charge is 2.39. The second-order valence-corrected chi connectivity index (χ2v) is 8.09. The molecule has 0 spiro atoms. The van der Waals surface area contributed by atoms with E-state index in [0.717, 1.165) is 28.2 Å². The third-order valence-electron chi connectivity index (χ3n) is 5.19. The number of esters is 1. The van der Waals surface area contributed by atoms with Crippen molar-refractivity contribution >= 4 is 38.6 Å². The first-order valence-electron chi connectivity index (χ1n) is 9.31. The molecule has 1 aromatic heterocycles. The standard InChI is InChI=1S/C19H22FN3O3S/c1-2-26-18(25)12-4-3-7-22(9-12)17(24)13-10-23(11-13)19-21-15-6-5-14(20)8-16(15)27-19/h5-6,8,12-13H,2-4,7,9-11H2,1H3. The number of thiazole rings is 1. The van der Waals surface area contributed by atoms with Crippen molar-refractivity contribution in [2.24, 2.45) is 11.8 Å². The van der Waals surface area contributed by atoms with E-state index in [-0.39, 0.29) is 29.5 Å². The number of aromatic nitrogens is 1. The summed E-state index contributed by atoms with van der Waals surface area (Å²) in [4.78, 5) is 33.1. The minimum Gasteiger partial charge on any atom is -0.466 e. The van der Waals surface area contributed by atoms with Gasteiger partial charge < -0.3 is 14.5 Å². The maximum atomic E-state index is 13.3. The van der Waals surface area contributed by atoms with Gasteiger partial charge in [-0.25, -0.2) is 9.37 Å². The summed E-state index contributed by atoms with van der Waals surface area (Å²) in [5.41, 5.74) is 0.777. The molecular weight excluding hydrogens is 369 g/mol. The van der Waals surface area contributed by atoms with Gasteiger partial charge in [0.2, 0.25) is 5.91 Å². The van der Waals surface area contributed by atoms with Gasteiger partial charge in [0.25, 0.3) is 0 Å². The smallest absolute Gasteiger partial charge is 0.310 e. The van der Waals surface area contributed by atoms with E-state index in [9.17, 15) is 14.0 Å². The number of likely N-dealkylation sites (tertiary alicyclic amines) is 1. The highest BCUT2D eigenvalue weighted by atomic mass is 32.1. The summed E-state index contributed by atoms with van der Waals surface area (Å²) in [7, 11) is 0. The Hall–Kier alpha value is -2.22. The average molecular weight is 391 g/mol. The predicted molar refractivity (Wildman–Crippen MR) is 101 cm³/mol. The first kappa shape index (κ1) is 18.2. The molecule has 0 aliphatic carbocycles. The summed E-state index contributed by atoms with van der Waals surface area (Å²) in [6.07, 6.45) is 1.61. The number of halogens is 1. The van der Waals surface area contributed by atoms with Crippen LogP contribution in [0, 0.1) is 17.7 Å². The van der Waals surface area contributed by atoms with Crippen LogP contribution in [0.5, 0.6) is 0 Å². The van der Waals surface area contributed by atoms with E-state index in [1.54, 1.807) is 17.9 Å². The fourth-order valence-electron chi connectivity index (χ4n) is 3.70. The second-order valence-electron chi connectivity index (χ2n) is 7.09. The van der Waals surface area contributed by atoms with E-state index in [2.05, 4.69) is 9.88 Å². The molecule has 2 aliphatic heterocycles. The molecule has 1 atom stereocenters. The maximum absolute atomic E-state index is 13.3. The summed E-state index contributed by atoms with van der Waals surface area (Å²) in [5, 5.41) is 0.822. The zero-order valence-corrected chi connectivity index (χ0v) is 16.0. The van der Waals surface area contributed by atoms with Crippen molar-refractivity contribution in [1.82, 2.24) is 9.88 Å². The normalized spacial score (nSPS) is 20.6. The molecule has 2 saturated heterocycles. The van der Waals surface area contributed by atoms with Crippen LogP contribution in [-0.2, 0) is 14.3 Å². The van der Waals surface area contributed by atoms with Gasteiger partial charge in [-0.05, 0) is 38.0 Å². The molecule has 1 amide bonds. The number of ether oxygens (including phenoxy) is 1. The molecule has 8 heteroatoms. The molecule has 144 valence electrons. The molecule has 2 aliphatic rings. The van der Waals surface area contributed by atoms with E-state index in [4.69, 9.17) is 4.74 Å². The quantitative estimate of drug-likeness (QED) is 0.750. The second kappa shape index (κ2) is 7.42. The Morgan fingerprint density at radius 1 is 1.30 bits per heavy atom. The number of rotatable bonds is 4. The summed E-state index contributed by atoms with van der Waals surface area (Å²) in [6, 6.07) is 4.57. The Morgan fingerprint density at radius 2 is 2.11 bits per heavy atom. The van der Waals surface area contributed by atoms with Gasteiger partial charge >= 0.3 is 5.97 Å². The zero-order valence-electron chi connectivity index (χ0n) is 15.2. The van der Waals surface area contributed by atoms with Crippen molar-refractivity contribution in [3.05, 3.63) is 24.0 Å². The number of hydrogen-bond donors (Lipinski definition) is 0. The topological polar surface area (TPSA) is 62.7 Å². The summed E-state index contributed by atoms with van der Waals surface area (Å²) < 4.78 is 19.3. The SMILES string of the molecule is CCOC(=O)C1CCCN(C(=O)C2CN(c3nc4ccc(F)cc4s3)C2)C1. The highest BCUT2D eigenvalue weighted by Crippen LogP contribution is 2.34. The number of piperidine rings is 1. The lowest BCUT2D eigenvalue weighted by molar-refractivity contribution is -0.152. The lowest BCUT2D eigenvalue weighted by atomic mass is 9.94. The van der Waals surface area contributed by atoms with Gasteiger partial charge in [-0.1, -0.05) is 11.3 Å². The molecule has 1 unspecified atom stereocenters. The van der Waals surface area contributed by atoms with Crippen LogP contribution in [0.4, 0.5) is 9.52 Å². The molecule has 0 saturated carbocycles. The van der Waals surface area contributed by atoms with Crippen molar-refractivity contribution in [1.29, 1.82) is 0 Å². The Labute approximate surface area is 160 Å². The molecule has 4 rings (SSSR count). The molecular formula is C19H22FN3O3S. The summed E-state index contributed by atoms with van der Waals surface area (Å²) in [5.74, 6) is -0.650. The molecule has 2 aromatic rings. The third-order valence-corrected chi connectivity index (χ3v) is 6.27. The fourth-order valence-corrected chi connectivity index (χ4v) is 4.71. The van der Waals surface area contributed by atoms with Crippen molar-refractivity contribution in [3.8, 4) is 0 Å². The van der Waals surface area contributed by atoms with Crippen LogP contribution in [-0.4, -0.2) is 54.5 Å². The molecule has 2 fully saturated rings. The van der Waals surface area contributed by atoms with E-state index in [0.29, 0.717) is 32.8 Å². The molecule has 0 N–H and O–H groups in total. The van der Waals surface area contributed by atoms with Crippen LogP contribution in [0.25, 0.3) is 10.2 Å². The number of carbonyl (C=O) groups is 2. The Bertz CT molecular complexity index is 865. The van der Waals surface area contributed by atoms with Crippen molar-refractivity contribution in [2.45, 2.75) is 19.8 Å². The van der Waals surface area contributed by atoms with E-state index >= 15 is 0 Å². The van der Waals surface area contributed by atoms with Crippen molar-refractivity contribution in [3.63, 3.8) is 0 Å². The Kier molecular flexibility index (Phi) is 4.99. The van der Waals surface area contributed by atoms with Crippen LogP contribution in [0.2, 0.25) is 0 Å². The van der Waals surface area contributed by atoms with Gasteiger partial charge in [-0.3, -0.25) is 9.59 Å². The monoisotopic (exact) mass is 391 g/mol. The number of amides is 1. The van der Waals surface area contributed by atoms with Gasteiger partial charge in [0.05, 0.1) is 28.7 Å². The largest absolute Gasteiger partial charge is 0.466 e. The number of fused-ring (bicyclic) bond motifs is 1. The van der Waals surface area contributed by atoms with Gasteiger partial charge in [0, 0.05) is 26.2 Å². The molecule has 27 heavy (non-hydrogen) atoms. The first-order chi connectivity index (χ1) is 13.0. The van der Waals surface area contributed by atoms with Crippen LogP contribution in [0.3, 0.4) is 0 Å². The lowest BCUT2D eigenvalue weighted by Crippen LogP contribution is -2.56. The van der Waals surface area contributed by atoms with Gasteiger partial charge in [0.1, 0.15) is 5.82 Å². The molecule has 3 heterocycles. The van der Waals surface area contributed by atoms with Crippen LogP contribution >= 0.6 is 11.3 Å². The zero-order chi connectivity index (χ0) is 19.0. The first-order valence-corrected chi connectivity index (χ1v) is 10.1. The number of carbonyl (C=O) groups excluding carboxylic acids is 2. The van der Waals surface area contributed by atoms with E-state index in [1.807, 2.05) is 0 Å². The lowest BCUT2D eigenvalue weighted by Gasteiger charge is -2.42. The van der Waals surface area contributed by atoms with E-state index < -0.39 is 0 Å². The molecule has 1 aromatic carbocycles. The van der Waals surface area contributed by atoms with Gasteiger partial charge in [-0.15, -0.1) is 0 Å². The minimum atomic E-state index is -0.268. The molecule has 6 nitrogen and oxygen atoms in total. The van der Waals surface area contributed by atoms with E-state index in [1.165, 1.54) is 23.5 Å². The van der Waals surface area contributed by atoms with Gasteiger partial charge in [0.15, 0.2) is 5.13 Å². The van der Waals surface area contributed by atoms with Crippen LogP contribution in [0.1, 0.15) is 19.8 Å². The molecule has 0 bridgehead atoms. The number of hydrogen-bond acceptors (Lipinski definition) is 6. The number of benzene rings is 1. The Balaban J connectivity index is 1.35.